The molecule has 0 radical (unpaired) electrons. The maximum atomic E-state index is 13.5. The summed E-state index contributed by atoms with van der Waals surface area (Å²) in [4.78, 5) is 16.2. The number of para-hydroxylation sites is 2. The van der Waals surface area contributed by atoms with Gasteiger partial charge in [0.2, 0.25) is 0 Å². The molecule has 2 aromatic carbocycles. The van der Waals surface area contributed by atoms with Crippen LogP contribution in [0.1, 0.15) is 38.2 Å². The Hall–Kier alpha value is -2.60. The number of nitrogens with zero attached hydrogens (tertiary/aromatic N) is 1. The van der Waals surface area contributed by atoms with E-state index in [4.69, 9.17) is 4.74 Å². The number of carbonyl (C=O) groups excluding carboxylic acids is 1. The molecule has 1 aliphatic heterocycles. The van der Waals surface area contributed by atoms with E-state index in [1.807, 2.05) is 41.3 Å². The van der Waals surface area contributed by atoms with Crippen LogP contribution in [0, 0.1) is 5.92 Å². The highest BCUT2D eigenvalue weighted by Crippen LogP contribution is 2.43. The van der Waals surface area contributed by atoms with Gasteiger partial charge < -0.3 is 20.1 Å². The molecule has 30 heavy (non-hydrogen) atoms. The van der Waals surface area contributed by atoms with Gasteiger partial charge in [0.1, 0.15) is 0 Å². The van der Waals surface area contributed by atoms with E-state index in [9.17, 15) is 9.90 Å². The van der Waals surface area contributed by atoms with Crippen molar-refractivity contribution in [3.63, 3.8) is 0 Å². The molecule has 1 unspecified atom stereocenters. The molecule has 2 aromatic rings. The summed E-state index contributed by atoms with van der Waals surface area (Å²) in [6, 6.07) is 15.5. The molecule has 2 N–H and O–H groups in total. The smallest absolute Gasteiger partial charge is 0.262 e. The highest BCUT2D eigenvalue weighted by molar-refractivity contribution is 8.05. The molecule has 0 aromatic heterocycles. The summed E-state index contributed by atoms with van der Waals surface area (Å²) < 4.78 is 5.21. The van der Waals surface area contributed by atoms with Gasteiger partial charge in [-0.05, 0) is 43.0 Å². The number of nitrogens with one attached hydrogen (secondary N) is 1. The van der Waals surface area contributed by atoms with Gasteiger partial charge in [-0.3, -0.25) is 4.79 Å². The minimum absolute atomic E-state index is 0.0226. The van der Waals surface area contributed by atoms with Crippen molar-refractivity contribution in [3.8, 4) is 11.5 Å². The molecular formula is C24H28N2O3S. The number of methoxy groups -OCH3 is 1. The Bertz CT molecular complexity index is 931. The molecule has 6 heteroatoms. The van der Waals surface area contributed by atoms with E-state index in [1.165, 1.54) is 25.3 Å². The van der Waals surface area contributed by atoms with Gasteiger partial charge in [-0.25, -0.2) is 0 Å². The SMILES string of the molecule is COc1cccc(/C=C2\SC(Nc3ccccc3)N([C@H]3CCCC[C@H]3C)C2=O)c1O. The third kappa shape index (κ3) is 4.15. The zero-order valence-corrected chi connectivity index (χ0v) is 18.2. The topological polar surface area (TPSA) is 61.8 Å². The molecule has 0 bridgehead atoms. The average molecular weight is 425 g/mol. The van der Waals surface area contributed by atoms with E-state index in [-0.39, 0.29) is 23.2 Å². The number of aromatic hydroxyl groups is 1. The molecule has 1 saturated heterocycles. The molecule has 4 rings (SSSR count). The lowest BCUT2D eigenvalue weighted by Gasteiger charge is -2.39. The number of hydrogen-bond acceptors (Lipinski definition) is 5. The Kier molecular flexibility index (Phi) is 6.23. The highest BCUT2D eigenvalue weighted by Gasteiger charge is 2.43. The second-order valence-electron chi connectivity index (χ2n) is 7.93. The number of benzene rings is 2. The molecule has 0 spiro atoms. The summed E-state index contributed by atoms with van der Waals surface area (Å²) in [7, 11) is 1.52. The van der Waals surface area contributed by atoms with Crippen molar-refractivity contribution in [2.75, 3.05) is 12.4 Å². The number of carbonyl (C=O) groups is 1. The van der Waals surface area contributed by atoms with E-state index in [1.54, 1.807) is 18.2 Å². The number of rotatable bonds is 5. The van der Waals surface area contributed by atoms with Gasteiger partial charge in [-0.15, -0.1) is 0 Å². The summed E-state index contributed by atoms with van der Waals surface area (Å²) in [5, 5.41) is 14.0. The molecule has 1 heterocycles. The van der Waals surface area contributed by atoms with Gasteiger partial charge in [0.15, 0.2) is 17.0 Å². The van der Waals surface area contributed by atoms with Crippen LogP contribution in [0.15, 0.2) is 53.4 Å². The van der Waals surface area contributed by atoms with Crippen molar-refractivity contribution in [2.45, 2.75) is 44.1 Å². The van der Waals surface area contributed by atoms with Crippen molar-refractivity contribution >= 4 is 29.4 Å². The van der Waals surface area contributed by atoms with Gasteiger partial charge in [-0.1, -0.05) is 61.9 Å². The molecule has 158 valence electrons. The minimum Gasteiger partial charge on any atom is -0.504 e. The number of hydrogen-bond donors (Lipinski definition) is 2. The van der Waals surface area contributed by atoms with Gasteiger partial charge in [0, 0.05) is 17.3 Å². The van der Waals surface area contributed by atoms with Crippen LogP contribution >= 0.6 is 11.8 Å². The van der Waals surface area contributed by atoms with Crippen molar-refractivity contribution in [1.82, 2.24) is 4.90 Å². The number of thioether (sulfide) groups is 1. The maximum absolute atomic E-state index is 13.5. The van der Waals surface area contributed by atoms with Gasteiger partial charge in [0.05, 0.1) is 12.0 Å². The van der Waals surface area contributed by atoms with Crippen LogP contribution in [0.3, 0.4) is 0 Å². The lowest BCUT2D eigenvalue weighted by Crippen LogP contribution is -2.48. The fourth-order valence-electron chi connectivity index (χ4n) is 4.33. The minimum atomic E-state index is -0.176. The first-order valence-corrected chi connectivity index (χ1v) is 11.3. The number of phenolic OH excluding ortho intramolecular Hbond substituents is 1. The molecule has 3 atom stereocenters. The second kappa shape index (κ2) is 9.04. The third-order valence-electron chi connectivity index (χ3n) is 5.96. The predicted molar refractivity (Wildman–Crippen MR) is 122 cm³/mol. The largest absolute Gasteiger partial charge is 0.504 e. The first-order chi connectivity index (χ1) is 14.6. The molecule has 5 nitrogen and oxygen atoms in total. The zero-order valence-electron chi connectivity index (χ0n) is 17.4. The summed E-state index contributed by atoms with van der Waals surface area (Å²) in [5.74, 6) is 0.941. The van der Waals surface area contributed by atoms with E-state index in [2.05, 4.69) is 12.2 Å². The number of phenols is 1. The first-order valence-electron chi connectivity index (χ1n) is 10.5. The fourth-order valence-corrected chi connectivity index (χ4v) is 5.53. The number of amides is 1. The van der Waals surface area contributed by atoms with Crippen molar-refractivity contribution in [2.24, 2.45) is 5.92 Å². The van der Waals surface area contributed by atoms with Crippen molar-refractivity contribution < 1.29 is 14.6 Å². The number of anilines is 1. The Morgan fingerprint density at radius 2 is 1.90 bits per heavy atom. The molecule has 1 saturated carbocycles. The third-order valence-corrected chi connectivity index (χ3v) is 7.08. The number of ether oxygens (including phenoxy) is 1. The quantitative estimate of drug-likeness (QED) is 0.639. The van der Waals surface area contributed by atoms with E-state index in [0.29, 0.717) is 22.1 Å². The fraction of sp³-hybridized carbons (Fsp3) is 0.375. The van der Waals surface area contributed by atoms with Gasteiger partial charge >= 0.3 is 0 Å². The van der Waals surface area contributed by atoms with E-state index >= 15 is 0 Å². The molecule has 1 amide bonds. The Morgan fingerprint density at radius 1 is 1.13 bits per heavy atom. The molecule has 2 fully saturated rings. The monoisotopic (exact) mass is 424 g/mol. The van der Waals surface area contributed by atoms with Gasteiger partial charge in [-0.2, -0.15) is 0 Å². The Balaban J connectivity index is 1.67. The van der Waals surface area contributed by atoms with Crippen LogP contribution in [0.4, 0.5) is 5.69 Å². The highest BCUT2D eigenvalue weighted by atomic mass is 32.2. The lowest BCUT2D eigenvalue weighted by atomic mass is 9.85. The summed E-state index contributed by atoms with van der Waals surface area (Å²) in [5.41, 5.74) is 1.40. The van der Waals surface area contributed by atoms with Crippen LogP contribution in [0.5, 0.6) is 11.5 Å². The average Bonchev–Trinajstić information content (AvgIpc) is 3.05. The summed E-state index contributed by atoms with van der Waals surface area (Å²) in [6.45, 7) is 2.25. The van der Waals surface area contributed by atoms with Crippen LogP contribution < -0.4 is 10.1 Å². The van der Waals surface area contributed by atoms with Crippen molar-refractivity contribution in [3.05, 3.63) is 59.0 Å². The molecule has 2 aliphatic rings. The van der Waals surface area contributed by atoms with Crippen LogP contribution in [0.2, 0.25) is 0 Å². The van der Waals surface area contributed by atoms with Crippen molar-refractivity contribution in [1.29, 1.82) is 0 Å². The molecule has 1 aliphatic carbocycles. The Morgan fingerprint density at radius 3 is 2.63 bits per heavy atom. The van der Waals surface area contributed by atoms with E-state index < -0.39 is 0 Å². The van der Waals surface area contributed by atoms with Crippen LogP contribution in [0.25, 0.3) is 6.08 Å². The Labute approximate surface area is 182 Å². The lowest BCUT2D eigenvalue weighted by molar-refractivity contribution is -0.129. The van der Waals surface area contributed by atoms with Crippen LogP contribution in [-0.2, 0) is 4.79 Å². The van der Waals surface area contributed by atoms with Crippen LogP contribution in [-0.4, -0.2) is 34.6 Å². The zero-order chi connectivity index (χ0) is 21.1. The maximum Gasteiger partial charge on any atom is 0.262 e. The normalized spacial score (nSPS) is 25.5. The van der Waals surface area contributed by atoms with Gasteiger partial charge in [0.25, 0.3) is 5.91 Å². The standard InChI is InChI=1S/C24H28N2O3S/c1-16-9-6-7-13-19(16)26-23(28)21(15-17-10-8-14-20(29-2)22(17)27)30-24(26)25-18-11-4-3-5-12-18/h3-5,8,10-12,14-16,19,24-25,27H,6-7,9,13H2,1-2H3/b21-15-/t16-,19+,24?/m1/s1. The second-order valence-corrected chi connectivity index (χ2v) is 9.05. The summed E-state index contributed by atoms with van der Waals surface area (Å²) in [6.07, 6.45) is 6.32. The molecular weight excluding hydrogens is 396 g/mol. The first kappa shape index (κ1) is 20.7. The predicted octanol–water partition coefficient (Wildman–Crippen LogP) is 5.29. The summed E-state index contributed by atoms with van der Waals surface area (Å²) >= 11 is 1.51. The van der Waals surface area contributed by atoms with E-state index in [0.717, 1.165) is 24.9 Å².